The van der Waals surface area contributed by atoms with Crippen LogP contribution in [0.2, 0.25) is 0 Å². The summed E-state index contributed by atoms with van der Waals surface area (Å²) in [6.45, 7) is 2.72. The average Bonchev–Trinajstić information content (AvgIpc) is 2.98. The van der Waals surface area contributed by atoms with Gasteiger partial charge in [0.05, 0.1) is 5.69 Å². The fourth-order valence-corrected chi connectivity index (χ4v) is 2.76. The Kier molecular flexibility index (Phi) is 3.78. The molecule has 1 aliphatic carbocycles. The van der Waals surface area contributed by atoms with Gasteiger partial charge in [0, 0.05) is 24.2 Å². The highest BCUT2D eigenvalue weighted by Crippen LogP contribution is 2.34. The summed E-state index contributed by atoms with van der Waals surface area (Å²) in [5.41, 5.74) is 7.32. The van der Waals surface area contributed by atoms with Gasteiger partial charge in [-0.15, -0.1) is 0 Å². The monoisotopic (exact) mass is 272 g/mol. The highest BCUT2D eigenvalue weighted by atomic mass is 16.5. The van der Waals surface area contributed by atoms with Gasteiger partial charge < -0.3 is 10.3 Å². The van der Waals surface area contributed by atoms with Crippen molar-refractivity contribution in [2.24, 2.45) is 11.7 Å². The Morgan fingerprint density at radius 2 is 2.10 bits per heavy atom. The Labute approximate surface area is 118 Å². The van der Waals surface area contributed by atoms with Gasteiger partial charge in [-0.3, -0.25) is 4.98 Å². The minimum absolute atomic E-state index is 0.412. The molecule has 3 rings (SSSR count). The van der Waals surface area contributed by atoms with Crippen molar-refractivity contribution < 1.29 is 4.52 Å². The number of aromatic nitrogens is 3. The zero-order valence-electron chi connectivity index (χ0n) is 11.7. The Balaban J connectivity index is 1.79. The van der Waals surface area contributed by atoms with Crippen LogP contribution < -0.4 is 5.73 Å². The Bertz CT molecular complexity index is 573. The summed E-state index contributed by atoms with van der Waals surface area (Å²) in [6.07, 6.45) is 6.54. The first-order chi connectivity index (χ1) is 9.76. The van der Waals surface area contributed by atoms with Gasteiger partial charge in [-0.25, -0.2) is 0 Å². The van der Waals surface area contributed by atoms with Crippen LogP contribution in [-0.4, -0.2) is 15.1 Å². The standard InChI is InChI=1S/C15H20N4O/c1-10-2-4-11(5-3-10)14-18-15(20-19-14)12-6-7-17-13(8-12)9-16/h6-8,10-11H,2-5,9,16H2,1H3. The van der Waals surface area contributed by atoms with Crippen molar-refractivity contribution in [1.29, 1.82) is 0 Å². The molecule has 0 radical (unpaired) electrons. The lowest BCUT2D eigenvalue weighted by Crippen LogP contribution is -2.11. The zero-order chi connectivity index (χ0) is 13.9. The van der Waals surface area contributed by atoms with Crippen molar-refractivity contribution in [3.05, 3.63) is 29.8 Å². The Hall–Kier alpha value is -1.75. The van der Waals surface area contributed by atoms with E-state index < -0.39 is 0 Å². The van der Waals surface area contributed by atoms with E-state index in [1.807, 2.05) is 12.1 Å². The van der Waals surface area contributed by atoms with Gasteiger partial charge in [0.2, 0.25) is 0 Å². The normalized spacial score (nSPS) is 22.9. The molecule has 20 heavy (non-hydrogen) atoms. The van der Waals surface area contributed by atoms with Crippen LogP contribution in [0.4, 0.5) is 0 Å². The van der Waals surface area contributed by atoms with Crippen molar-refractivity contribution in [2.75, 3.05) is 0 Å². The largest absolute Gasteiger partial charge is 0.334 e. The summed E-state index contributed by atoms with van der Waals surface area (Å²) < 4.78 is 5.40. The fraction of sp³-hybridized carbons (Fsp3) is 0.533. The summed E-state index contributed by atoms with van der Waals surface area (Å²) in [5, 5.41) is 4.16. The number of rotatable bonds is 3. The van der Waals surface area contributed by atoms with Crippen molar-refractivity contribution >= 4 is 0 Å². The van der Waals surface area contributed by atoms with Crippen LogP contribution in [0, 0.1) is 5.92 Å². The Morgan fingerprint density at radius 1 is 1.30 bits per heavy atom. The van der Waals surface area contributed by atoms with Crippen molar-refractivity contribution in [1.82, 2.24) is 15.1 Å². The van der Waals surface area contributed by atoms with Crippen LogP contribution in [0.5, 0.6) is 0 Å². The predicted molar refractivity (Wildman–Crippen MR) is 75.8 cm³/mol. The third-order valence-electron chi connectivity index (χ3n) is 4.10. The van der Waals surface area contributed by atoms with Gasteiger partial charge in [-0.1, -0.05) is 24.9 Å². The molecule has 0 bridgehead atoms. The minimum Gasteiger partial charge on any atom is -0.334 e. The molecular weight excluding hydrogens is 252 g/mol. The van der Waals surface area contributed by atoms with Crippen molar-refractivity contribution in [3.8, 4) is 11.5 Å². The topological polar surface area (TPSA) is 77.8 Å². The molecule has 2 aromatic heterocycles. The number of hydrogen-bond donors (Lipinski definition) is 1. The summed E-state index contributed by atoms with van der Waals surface area (Å²) in [4.78, 5) is 8.73. The quantitative estimate of drug-likeness (QED) is 0.929. The average molecular weight is 272 g/mol. The molecule has 5 heteroatoms. The van der Waals surface area contributed by atoms with E-state index in [9.17, 15) is 0 Å². The highest BCUT2D eigenvalue weighted by Gasteiger charge is 2.24. The molecule has 2 heterocycles. The predicted octanol–water partition coefficient (Wildman–Crippen LogP) is 2.88. The van der Waals surface area contributed by atoms with Crippen molar-refractivity contribution in [3.63, 3.8) is 0 Å². The molecular formula is C15H20N4O. The number of nitrogens with zero attached hydrogens (tertiary/aromatic N) is 3. The van der Waals surface area contributed by atoms with E-state index in [1.54, 1.807) is 6.20 Å². The lowest BCUT2D eigenvalue weighted by Gasteiger charge is -2.23. The molecule has 0 saturated heterocycles. The van der Waals surface area contributed by atoms with Gasteiger partial charge in [-0.05, 0) is 30.9 Å². The molecule has 1 fully saturated rings. The lowest BCUT2D eigenvalue weighted by atomic mass is 9.83. The second-order valence-corrected chi connectivity index (χ2v) is 5.65. The fourth-order valence-electron chi connectivity index (χ4n) is 2.76. The first kappa shape index (κ1) is 13.2. The van der Waals surface area contributed by atoms with Crippen molar-refractivity contribution in [2.45, 2.75) is 45.1 Å². The van der Waals surface area contributed by atoms with Crippen LogP contribution >= 0.6 is 0 Å². The van der Waals surface area contributed by atoms with E-state index in [1.165, 1.54) is 12.8 Å². The van der Waals surface area contributed by atoms with Gasteiger partial charge in [0.1, 0.15) is 0 Å². The Morgan fingerprint density at radius 3 is 2.85 bits per heavy atom. The van der Waals surface area contributed by atoms with Crippen LogP contribution in [0.25, 0.3) is 11.5 Å². The van der Waals surface area contributed by atoms with E-state index in [0.717, 1.165) is 35.8 Å². The smallest absolute Gasteiger partial charge is 0.258 e. The summed E-state index contributed by atoms with van der Waals surface area (Å²) in [5.74, 6) is 2.68. The molecule has 106 valence electrons. The third kappa shape index (κ3) is 2.72. The second-order valence-electron chi connectivity index (χ2n) is 5.65. The van der Waals surface area contributed by atoms with Crippen LogP contribution in [0.1, 0.15) is 50.0 Å². The first-order valence-electron chi connectivity index (χ1n) is 7.25. The summed E-state index contributed by atoms with van der Waals surface area (Å²) >= 11 is 0. The molecule has 0 aromatic carbocycles. The number of pyridine rings is 1. The maximum absolute atomic E-state index is 5.60. The van der Waals surface area contributed by atoms with Crippen LogP contribution in [-0.2, 0) is 6.54 Å². The van der Waals surface area contributed by atoms with E-state index in [2.05, 4.69) is 22.0 Å². The van der Waals surface area contributed by atoms with E-state index in [4.69, 9.17) is 10.3 Å². The second kappa shape index (κ2) is 5.71. The third-order valence-corrected chi connectivity index (χ3v) is 4.10. The van der Waals surface area contributed by atoms with Crippen LogP contribution in [0.15, 0.2) is 22.9 Å². The number of nitrogens with two attached hydrogens (primary N) is 1. The minimum atomic E-state index is 0.412. The molecule has 0 aliphatic heterocycles. The highest BCUT2D eigenvalue weighted by molar-refractivity contribution is 5.52. The molecule has 1 aliphatic rings. The maximum Gasteiger partial charge on any atom is 0.258 e. The molecule has 0 unspecified atom stereocenters. The van der Waals surface area contributed by atoms with Gasteiger partial charge >= 0.3 is 0 Å². The van der Waals surface area contributed by atoms with E-state index in [0.29, 0.717) is 18.4 Å². The lowest BCUT2D eigenvalue weighted by molar-refractivity contribution is 0.329. The first-order valence-corrected chi connectivity index (χ1v) is 7.25. The molecule has 2 aromatic rings. The maximum atomic E-state index is 5.60. The molecule has 2 N–H and O–H groups in total. The summed E-state index contributed by atoms with van der Waals surface area (Å²) in [6, 6.07) is 3.78. The zero-order valence-corrected chi connectivity index (χ0v) is 11.7. The van der Waals surface area contributed by atoms with Gasteiger partial charge in [0.15, 0.2) is 5.82 Å². The molecule has 0 spiro atoms. The van der Waals surface area contributed by atoms with Gasteiger partial charge in [0.25, 0.3) is 5.89 Å². The molecule has 1 saturated carbocycles. The molecule has 5 nitrogen and oxygen atoms in total. The summed E-state index contributed by atoms with van der Waals surface area (Å²) in [7, 11) is 0. The van der Waals surface area contributed by atoms with Crippen LogP contribution in [0.3, 0.4) is 0 Å². The SMILES string of the molecule is CC1CCC(c2noc(-c3ccnc(CN)c3)n2)CC1. The molecule has 0 amide bonds. The number of hydrogen-bond acceptors (Lipinski definition) is 5. The molecule has 0 atom stereocenters. The van der Waals surface area contributed by atoms with E-state index >= 15 is 0 Å². The van der Waals surface area contributed by atoms with Gasteiger partial charge in [-0.2, -0.15) is 4.98 Å². The van der Waals surface area contributed by atoms with E-state index in [-0.39, 0.29) is 0 Å².